The van der Waals surface area contributed by atoms with Crippen LogP contribution < -0.4 is 10.2 Å². The number of hydrogen-bond donors (Lipinski definition) is 1. The van der Waals surface area contributed by atoms with E-state index in [-0.39, 0.29) is 17.7 Å². The minimum absolute atomic E-state index is 0.0569. The highest BCUT2D eigenvalue weighted by Gasteiger charge is 2.34. The second-order valence-electron chi connectivity index (χ2n) is 8.64. The van der Waals surface area contributed by atoms with Crippen molar-refractivity contribution in [1.82, 2.24) is 15.2 Å². The molecule has 2 fully saturated rings. The molecule has 1 aromatic rings. The van der Waals surface area contributed by atoms with Crippen molar-refractivity contribution in [3.05, 3.63) is 23.9 Å². The quantitative estimate of drug-likeness (QED) is 0.556. The molecule has 0 saturated carbocycles. The van der Waals surface area contributed by atoms with Crippen molar-refractivity contribution in [1.29, 1.82) is 0 Å². The summed E-state index contributed by atoms with van der Waals surface area (Å²) in [6, 6.07) is 4.35. The van der Waals surface area contributed by atoms with Gasteiger partial charge in [-0.15, -0.1) is 0 Å². The smallest absolute Gasteiger partial charge is 0.194 e. The Bertz CT molecular complexity index is 704. The van der Waals surface area contributed by atoms with Crippen LogP contribution in [0.4, 0.5) is 5.82 Å². The lowest BCUT2D eigenvalue weighted by Crippen LogP contribution is -2.55. The minimum Gasteiger partial charge on any atom is -0.383 e. The number of aryl methyl sites for hydroxylation is 1. The SMILES string of the molecule is COCC(C)NC(=NCC1OCCOC1(C)C)N1CCN(c2cc(C)ccn2)CC1. The van der Waals surface area contributed by atoms with Gasteiger partial charge in [0.05, 0.1) is 32.0 Å². The molecule has 30 heavy (non-hydrogen) atoms. The largest absolute Gasteiger partial charge is 0.383 e. The highest BCUT2D eigenvalue weighted by molar-refractivity contribution is 5.80. The zero-order chi connectivity index (χ0) is 21.6. The maximum atomic E-state index is 5.95. The lowest BCUT2D eigenvalue weighted by atomic mass is 10.0. The van der Waals surface area contributed by atoms with Crippen LogP contribution in [0.25, 0.3) is 0 Å². The van der Waals surface area contributed by atoms with Gasteiger partial charge in [-0.2, -0.15) is 0 Å². The van der Waals surface area contributed by atoms with Crippen LogP contribution in [0.5, 0.6) is 0 Å². The zero-order valence-corrected chi connectivity index (χ0v) is 19.1. The van der Waals surface area contributed by atoms with Crippen molar-refractivity contribution in [2.75, 3.05) is 64.6 Å². The average molecular weight is 420 g/mol. The molecule has 2 unspecified atom stereocenters. The van der Waals surface area contributed by atoms with Crippen molar-refractivity contribution in [3.8, 4) is 0 Å². The third-order valence-electron chi connectivity index (χ3n) is 5.66. The van der Waals surface area contributed by atoms with Crippen molar-refractivity contribution in [3.63, 3.8) is 0 Å². The molecule has 3 heterocycles. The third-order valence-corrected chi connectivity index (χ3v) is 5.66. The Balaban J connectivity index is 1.66. The molecule has 8 heteroatoms. The molecule has 8 nitrogen and oxygen atoms in total. The van der Waals surface area contributed by atoms with Gasteiger partial charge in [-0.25, -0.2) is 4.98 Å². The minimum atomic E-state index is -0.333. The van der Waals surface area contributed by atoms with E-state index in [0.29, 0.717) is 26.4 Å². The van der Waals surface area contributed by atoms with Gasteiger partial charge in [-0.05, 0) is 45.4 Å². The lowest BCUT2D eigenvalue weighted by Gasteiger charge is -2.39. The number of pyridine rings is 1. The van der Waals surface area contributed by atoms with Gasteiger partial charge in [0.25, 0.3) is 0 Å². The standard InChI is InChI=1S/C22H37N5O3/c1-17-6-7-23-20(14-17)26-8-10-27(11-9-26)21(25-18(2)16-28-5)24-15-19-22(3,4)30-13-12-29-19/h6-7,14,18-19H,8-13,15-16H2,1-5H3,(H,24,25). The van der Waals surface area contributed by atoms with Crippen molar-refractivity contribution >= 4 is 11.8 Å². The highest BCUT2D eigenvalue weighted by atomic mass is 16.6. The van der Waals surface area contributed by atoms with E-state index in [9.17, 15) is 0 Å². The number of nitrogens with one attached hydrogen (secondary N) is 1. The second kappa shape index (κ2) is 10.4. The molecular formula is C22H37N5O3. The number of hydrogen-bond acceptors (Lipinski definition) is 6. The summed E-state index contributed by atoms with van der Waals surface area (Å²) in [5.74, 6) is 1.95. The van der Waals surface area contributed by atoms with Gasteiger partial charge in [0.15, 0.2) is 5.96 Å². The Morgan fingerprint density at radius 2 is 2.10 bits per heavy atom. The van der Waals surface area contributed by atoms with E-state index in [2.05, 4.69) is 53.9 Å². The molecule has 0 aromatic carbocycles. The molecule has 0 amide bonds. The molecule has 0 aliphatic carbocycles. The molecule has 0 spiro atoms. The molecule has 2 atom stereocenters. The van der Waals surface area contributed by atoms with Crippen LogP contribution in [0.2, 0.25) is 0 Å². The molecular weight excluding hydrogens is 382 g/mol. The number of methoxy groups -OCH3 is 1. The van der Waals surface area contributed by atoms with Gasteiger partial charge in [0, 0.05) is 45.5 Å². The molecule has 2 aliphatic heterocycles. The van der Waals surface area contributed by atoms with Crippen LogP contribution in [0, 0.1) is 6.92 Å². The topological polar surface area (TPSA) is 71.5 Å². The van der Waals surface area contributed by atoms with Gasteiger partial charge < -0.3 is 29.3 Å². The summed E-state index contributed by atoms with van der Waals surface area (Å²) in [4.78, 5) is 14.1. The van der Waals surface area contributed by atoms with Crippen LogP contribution >= 0.6 is 0 Å². The van der Waals surface area contributed by atoms with Gasteiger partial charge in [0.2, 0.25) is 0 Å². The Labute approximate surface area is 180 Å². The monoisotopic (exact) mass is 419 g/mol. The van der Waals surface area contributed by atoms with Gasteiger partial charge in [-0.3, -0.25) is 4.99 Å². The van der Waals surface area contributed by atoms with Crippen molar-refractivity contribution < 1.29 is 14.2 Å². The van der Waals surface area contributed by atoms with E-state index >= 15 is 0 Å². The fraction of sp³-hybridized carbons (Fsp3) is 0.727. The molecule has 1 N–H and O–H groups in total. The van der Waals surface area contributed by atoms with Crippen LogP contribution in [-0.4, -0.2) is 93.2 Å². The molecule has 0 radical (unpaired) electrons. The van der Waals surface area contributed by atoms with E-state index in [4.69, 9.17) is 19.2 Å². The van der Waals surface area contributed by atoms with Crippen LogP contribution in [-0.2, 0) is 14.2 Å². The number of ether oxygens (including phenoxy) is 3. The maximum absolute atomic E-state index is 5.95. The summed E-state index contributed by atoms with van der Waals surface area (Å²) < 4.78 is 17.1. The van der Waals surface area contributed by atoms with Gasteiger partial charge in [0.1, 0.15) is 11.9 Å². The fourth-order valence-corrected chi connectivity index (χ4v) is 3.82. The van der Waals surface area contributed by atoms with E-state index in [0.717, 1.165) is 38.0 Å². The summed E-state index contributed by atoms with van der Waals surface area (Å²) in [6.07, 6.45) is 1.82. The Kier molecular flexibility index (Phi) is 7.91. The average Bonchev–Trinajstić information content (AvgIpc) is 2.72. The number of rotatable bonds is 6. The first kappa shape index (κ1) is 22.8. The Morgan fingerprint density at radius 3 is 2.77 bits per heavy atom. The molecule has 0 bridgehead atoms. The first-order valence-corrected chi connectivity index (χ1v) is 10.9. The van der Waals surface area contributed by atoms with Crippen LogP contribution in [0.1, 0.15) is 26.3 Å². The van der Waals surface area contributed by atoms with Gasteiger partial charge in [-0.1, -0.05) is 0 Å². The third kappa shape index (κ3) is 6.06. The number of anilines is 1. The lowest BCUT2D eigenvalue weighted by molar-refractivity contribution is -0.182. The van der Waals surface area contributed by atoms with Crippen molar-refractivity contribution in [2.24, 2.45) is 4.99 Å². The number of guanidine groups is 1. The fourth-order valence-electron chi connectivity index (χ4n) is 3.82. The van der Waals surface area contributed by atoms with Crippen LogP contribution in [0.15, 0.2) is 23.3 Å². The van der Waals surface area contributed by atoms with Crippen molar-refractivity contribution in [2.45, 2.75) is 45.4 Å². The highest BCUT2D eigenvalue weighted by Crippen LogP contribution is 2.22. The first-order valence-electron chi connectivity index (χ1n) is 10.9. The summed E-state index contributed by atoms with van der Waals surface area (Å²) >= 11 is 0. The second-order valence-corrected chi connectivity index (χ2v) is 8.64. The molecule has 3 rings (SSSR count). The first-order chi connectivity index (χ1) is 14.4. The number of aliphatic imine (C=N–C) groups is 1. The summed E-state index contributed by atoms with van der Waals surface area (Å²) in [5.41, 5.74) is 0.901. The molecule has 1 aromatic heterocycles. The van der Waals surface area contributed by atoms with E-state index < -0.39 is 0 Å². The molecule has 2 aliphatic rings. The normalized spacial score (nSPS) is 23.4. The van der Waals surface area contributed by atoms with E-state index in [1.165, 1.54) is 5.56 Å². The molecule has 2 saturated heterocycles. The number of nitrogens with zero attached hydrogens (tertiary/aromatic N) is 4. The van der Waals surface area contributed by atoms with Gasteiger partial charge >= 0.3 is 0 Å². The molecule has 168 valence electrons. The summed E-state index contributed by atoms with van der Waals surface area (Å²) in [7, 11) is 1.72. The predicted octanol–water partition coefficient (Wildman–Crippen LogP) is 1.69. The summed E-state index contributed by atoms with van der Waals surface area (Å²) in [5, 5.41) is 3.54. The Morgan fingerprint density at radius 1 is 1.33 bits per heavy atom. The number of aromatic nitrogens is 1. The zero-order valence-electron chi connectivity index (χ0n) is 19.1. The predicted molar refractivity (Wildman–Crippen MR) is 119 cm³/mol. The maximum Gasteiger partial charge on any atom is 0.194 e. The number of piperazine rings is 1. The van der Waals surface area contributed by atoms with E-state index in [1.54, 1.807) is 7.11 Å². The Hall–Kier alpha value is -1.90. The van der Waals surface area contributed by atoms with Crippen LogP contribution in [0.3, 0.4) is 0 Å². The van der Waals surface area contributed by atoms with E-state index in [1.807, 2.05) is 12.3 Å². The summed E-state index contributed by atoms with van der Waals surface area (Å²) in [6.45, 7) is 14.4.